The number of halogens is 2. The van der Waals surface area contributed by atoms with Crippen LogP contribution in [0.3, 0.4) is 0 Å². The number of nitrogens with one attached hydrogen (secondary N) is 2. The largest absolute Gasteiger partial charge is 0.353 e. The summed E-state index contributed by atoms with van der Waals surface area (Å²) in [5.41, 5.74) is 1.69. The van der Waals surface area contributed by atoms with Crippen molar-refractivity contribution in [1.29, 1.82) is 0 Å². The van der Waals surface area contributed by atoms with Gasteiger partial charge in [0.05, 0.1) is 21.1 Å². The minimum absolute atomic E-state index is 0.116. The molecular formula is C18H22Cl2N4O. The van der Waals surface area contributed by atoms with Crippen LogP contribution in [0.25, 0.3) is 11.0 Å². The zero-order valence-electron chi connectivity index (χ0n) is 14.0. The fraction of sp³-hybridized carbons (Fsp3) is 0.556. The number of benzene rings is 1. The number of anilines is 1. The number of aromatic amines is 1. The van der Waals surface area contributed by atoms with Gasteiger partial charge in [-0.1, -0.05) is 36.0 Å². The Morgan fingerprint density at radius 3 is 2.52 bits per heavy atom. The van der Waals surface area contributed by atoms with Crippen LogP contribution in [0.2, 0.25) is 10.0 Å². The number of hydrogen-bond donors (Lipinski definition) is 2. The van der Waals surface area contributed by atoms with Gasteiger partial charge in [-0.2, -0.15) is 0 Å². The molecule has 2 fully saturated rings. The van der Waals surface area contributed by atoms with Gasteiger partial charge in [0.25, 0.3) is 0 Å². The molecule has 2 heterocycles. The Morgan fingerprint density at radius 2 is 1.80 bits per heavy atom. The summed E-state index contributed by atoms with van der Waals surface area (Å²) in [6.45, 7) is 1.65. The van der Waals surface area contributed by atoms with Crippen molar-refractivity contribution < 1.29 is 4.79 Å². The van der Waals surface area contributed by atoms with Gasteiger partial charge in [0.1, 0.15) is 0 Å². The molecule has 1 aliphatic carbocycles. The summed E-state index contributed by atoms with van der Waals surface area (Å²) in [5, 5.41) is 4.26. The van der Waals surface area contributed by atoms with Crippen LogP contribution in [0.15, 0.2) is 12.1 Å². The molecule has 0 unspecified atom stereocenters. The Hall–Kier alpha value is -1.46. The number of nitrogens with zero attached hydrogens (tertiary/aromatic N) is 2. The van der Waals surface area contributed by atoms with E-state index in [4.69, 9.17) is 23.2 Å². The lowest BCUT2D eigenvalue weighted by Gasteiger charge is -2.31. The molecule has 0 spiro atoms. The van der Waals surface area contributed by atoms with E-state index in [1.54, 1.807) is 12.1 Å². The van der Waals surface area contributed by atoms with Crippen LogP contribution < -0.4 is 10.2 Å². The Kier molecular flexibility index (Phi) is 4.78. The summed E-state index contributed by atoms with van der Waals surface area (Å²) in [6, 6.07) is 3.98. The average Bonchev–Trinajstić information content (AvgIpc) is 3.25. The van der Waals surface area contributed by atoms with Crippen molar-refractivity contribution in [1.82, 2.24) is 15.3 Å². The molecule has 7 heteroatoms. The normalized spacial score (nSPS) is 19.7. The molecule has 2 N–H and O–H groups in total. The molecule has 2 aliphatic rings. The molecule has 1 amide bonds. The number of piperidine rings is 1. The molecule has 5 nitrogen and oxygen atoms in total. The molecule has 1 aromatic heterocycles. The number of rotatable bonds is 3. The van der Waals surface area contributed by atoms with E-state index >= 15 is 0 Å². The van der Waals surface area contributed by atoms with Crippen molar-refractivity contribution >= 4 is 46.1 Å². The molecule has 134 valence electrons. The second kappa shape index (κ2) is 7.04. The first-order valence-corrected chi connectivity index (χ1v) is 9.76. The van der Waals surface area contributed by atoms with E-state index in [9.17, 15) is 4.79 Å². The molecular weight excluding hydrogens is 359 g/mol. The second-order valence-electron chi connectivity index (χ2n) is 7.10. The van der Waals surface area contributed by atoms with Gasteiger partial charge in [-0.15, -0.1) is 0 Å². The fourth-order valence-electron chi connectivity index (χ4n) is 3.88. The molecule has 0 bridgehead atoms. The second-order valence-corrected chi connectivity index (χ2v) is 7.91. The Balaban J connectivity index is 1.39. The highest BCUT2D eigenvalue weighted by Gasteiger charge is 2.28. The van der Waals surface area contributed by atoms with Gasteiger partial charge < -0.3 is 15.2 Å². The molecule has 1 aromatic carbocycles. The zero-order valence-corrected chi connectivity index (χ0v) is 15.5. The minimum Gasteiger partial charge on any atom is -0.353 e. The number of fused-ring (bicyclic) bond motifs is 1. The Bertz CT molecular complexity index is 738. The first-order valence-electron chi connectivity index (χ1n) is 9.00. The predicted molar refractivity (Wildman–Crippen MR) is 101 cm³/mol. The lowest BCUT2D eigenvalue weighted by Crippen LogP contribution is -2.43. The molecule has 1 aliphatic heterocycles. The van der Waals surface area contributed by atoms with Gasteiger partial charge in [0.15, 0.2) is 0 Å². The maximum Gasteiger partial charge on any atom is 0.223 e. The summed E-state index contributed by atoms with van der Waals surface area (Å²) in [6.07, 6.45) is 6.46. The van der Waals surface area contributed by atoms with Crippen molar-refractivity contribution in [2.75, 3.05) is 18.0 Å². The molecule has 0 radical (unpaired) electrons. The van der Waals surface area contributed by atoms with Crippen molar-refractivity contribution in [3.63, 3.8) is 0 Å². The minimum atomic E-state index is 0.116. The molecule has 0 atom stereocenters. The number of H-pyrrole nitrogens is 1. The van der Waals surface area contributed by atoms with Crippen molar-refractivity contribution in [2.24, 2.45) is 5.92 Å². The number of hydrogen-bond acceptors (Lipinski definition) is 3. The van der Waals surface area contributed by atoms with Crippen LogP contribution in [0.4, 0.5) is 5.95 Å². The van der Waals surface area contributed by atoms with Crippen molar-refractivity contribution in [3.8, 4) is 0 Å². The fourth-order valence-corrected chi connectivity index (χ4v) is 4.21. The number of aromatic nitrogens is 2. The number of amides is 1. The maximum absolute atomic E-state index is 12.4. The van der Waals surface area contributed by atoms with Crippen molar-refractivity contribution in [2.45, 2.75) is 44.6 Å². The third-order valence-electron chi connectivity index (χ3n) is 5.38. The summed E-state index contributed by atoms with van der Waals surface area (Å²) in [5.74, 6) is 1.17. The van der Waals surface area contributed by atoms with E-state index in [2.05, 4.69) is 20.2 Å². The van der Waals surface area contributed by atoms with E-state index in [0.29, 0.717) is 16.1 Å². The van der Waals surface area contributed by atoms with E-state index in [1.165, 1.54) is 12.8 Å². The summed E-state index contributed by atoms with van der Waals surface area (Å²) in [4.78, 5) is 22.6. The SMILES string of the molecule is O=C(NC1CCCC1)C1CCN(c2nc3cc(Cl)c(Cl)cc3[nH]2)CC1. The first-order chi connectivity index (χ1) is 12.1. The highest BCUT2D eigenvalue weighted by molar-refractivity contribution is 6.42. The molecule has 1 saturated carbocycles. The molecule has 25 heavy (non-hydrogen) atoms. The van der Waals surface area contributed by atoms with Gasteiger partial charge in [0.2, 0.25) is 11.9 Å². The van der Waals surface area contributed by atoms with Gasteiger partial charge in [-0.05, 0) is 37.8 Å². The van der Waals surface area contributed by atoms with Crippen LogP contribution in [-0.2, 0) is 4.79 Å². The highest BCUT2D eigenvalue weighted by atomic mass is 35.5. The quantitative estimate of drug-likeness (QED) is 0.840. The van der Waals surface area contributed by atoms with Gasteiger partial charge in [-0.3, -0.25) is 4.79 Å². The summed E-state index contributed by atoms with van der Waals surface area (Å²) < 4.78 is 0. The van der Waals surface area contributed by atoms with Gasteiger partial charge in [-0.25, -0.2) is 4.98 Å². The zero-order chi connectivity index (χ0) is 17.4. The molecule has 4 rings (SSSR count). The van der Waals surface area contributed by atoms with Crippen LogP contribution >= 0.6 is 23.2 Å². The standard InChI is InChI=1S/C18H22Cl2N4O/c19-13-9-15-16(10-14(13)20)23-18(22-15)24-7-5-11(6-8-24)17(25)21-12-3-1-2-4-12/h9-12H,1-8H2,(H,21,25)(H,22,23). The molecule has 1 saturated heterocycles. The number of carbonyl (C=O) groups excluding carboxylic acids is 1. The number of carbonyl (C=O) groups is 1. The van der Waals surface area contributed by atoms with Gasteiger partial charge in [0, 0.05) is 25.0 Å². The van der Waals surface area contributed by atoms with Crippen molar-refractivity contribution in [3.05, 3.63) is 22.2 Å². The van der Waals surface area contributed by atoms with Crippen LogP contribution in [0.5, 0.6) is 0 Å². The lowest BCUT2D eigenvalue weighted by atomic mass is 9.95. The third kappa shape index (κ3) is 3.58. The summed E-state index contributed by atoms with van der Waals surface area (Å²) in [7, 11) is 0. The number of imidazole rings is 1. The van der Waals surface area contributed by atoms with Crippen LogP contribution in [-0.4, -0.2) is 35.0 Å². The Labute approximate surface area is 157 Å². The van der Waals surface area contributed by atoms with Crippen LogP contribution in [0.1, 0.15) is 38.5 Å². The topological polar surface area (TPSA) is 61.0 Å². The summed E-state index contributed by atoms with van der Waals surface area (Å²) >= 11 is 12.1. The van der Waals surface area contributed by atoms with E-state index < -0.39 is 0 Å². The monoisotopic (exact) mass is 380 g/mol. The van der Waals surface area contributed by atoms with E-state index in [1.807, 2.05) is 0 Å². The predicted octanol–water partition coefficient (Wildman–Crippen LogP) is 4.14. The lowest BCUT2D eigenvalue weighted by molar-refractivity contribution is -0.126. The smallest absolute Gasteiger partial charge is 0.223 e. The Morgan fingerprint density at radius 1 is 1.12 bits per heavy atom. The highest BCUT2D eigenvalue weighted by Crippen LogP contribution is 2.29. The van der Waals surface area contributed by atoms with Crippen LogP contribution in [0, 0.1) is 5.92 Å². The average molecular weight is 381 g/mol. The molecule has 2 aromatic rings. The maximum atomic E-state index is 12.4. The van der Waals surface area contributed by atoms with Gasteiger partial charge >= 0.3 is 0 Å². The van der Waals surface area contributed by atoms with E-state index in [-0.39, 0.29) is 11.8 Å². The van der Waals surface area contributed by atoms with E-state index in [0.717, 1.165) is 55.8 Å². The first kappa shape index (κ1) is 17.0. The third-order valence-corrected chi connectivity index (χ3v) is 6.10.